The lowest BCUT2D eigenvalue weighted by Crippen LogP contribution is -2.35. The van der Waals surface area contributed by atoms with Crippen molar-refractivity contribution in [2.24, 2.45) is 0 Å². The molecular formula is C12H11ClF3NO2. The summed E-state index contributed by atoms with van der Waals surface area (Å²) in [6, 6.07) is 2.30. The van der Waals surface area contributed by atoms with E-state index in [1.165, 1.54) is 6.07 Å². The van der Waals surface area contributed by atoms with E-state index in [0.717, 1.165) is 12.1 Å². The zero-order chi connectivity index (χ0) is 14.6. The summed E-state index contributed by atoms with van der Waals surface area (Å²) in [7, 11) is 0. The summed E-state index contributed by atoms with van der Waals surface area (Å²) in [5.74, 6) is -0.810. The molecular weight excluding hydrogens is 283 g/mol. The van der Waals surface area contributed by atoms with Gasteiger partial charge in [-0.1, -0.05) is 24.6 Å². The van der Waals surface area contributed by atoms with Crippen LogP contribution in [0.4, 0.5) is 13.2 Å². The van der Waals surface area contributed by atoms with Crippen molar-refractivity contribution in [1.82, 2.24) is 5.32 Å². The van der Waals surface area contributed by atoms with Gasteiger partial charge >= 0.3 is 6.18 Å². The van der Waals surface area contributed by atoms with Gasteiger partial charge < -0.3 is 10.1 Å². The number of amides is 1. The van der Waals surface area contributed by atoms with Crippen LogP contribution < -0.4 is 5.32 Å². The van der Waals surface area contributed by atoms with Gasteiger partial charge in [0, 0.05) is 0 Å². The first-order chi connectivity index (χ1) is 8.81. The Hall–Kier alpha value is -1.56. The number of rotatable bonds is 4. The highest BCUT2D eigenvalue weighted by atomic mass is 35.5. The molecule has 1 rings (SSSR count). The Kier molecular flexibility index (Phi) is 4.94. The molecule has 19 heavy (non-hydrogen) atoms. The maximum Gasteiger partial charge on any atom is 0.417 e. The molecule has 7 heteroatoms. The molecule has 0 bridgehead atoms. The molecule has 1 amide bonds. The standard InChI is InChI=1S/C12H11ClF3NO2/c1-2-7(6-18)17-11(19)8-4-3-5-9(10(8)13)12(14,15)16/h3-7H,2H2,1H3,(H,17,19)/t7-/m0/s1. The Balaban J connectivity index is 3.08. The van der Waals surface area contributed by atoms with Crippen LogP contribution in [0.25, 0.3) is 0 Å². The summed E-state index contributed by atoms with van der Waals surface area (Å²) in [6.45, 7) is 1.66. The lowest BCUT2D eigenvalue weighted by atomic mass is 10.1. The number of aldehydes is 1. The number of hydrogen-bond acceptors (Lipinski definition) is 2. The lowest BCUT2D eigenvalue weighted by molar-refractivity contribution is -0.137. The molecule has 0 heterocycles. The summed E-state index contributed by atoms with van der Waals surface area (Å²) in [5, 5.41) is 1.62. The summed E-state index contributed by atoms with van der Waals surface area (Å²) in [6.07, 6.45) is -3.78. The number of nitrogens with one attached hydrogen (secondary N) is 1. The molecule has 1 atom stereocenters. The Morgan fingerprint density at radius 2 is 2.11 bits per heavy atom. The zero-order valence-electron chi connectivity index (χ0n) is 9.92. The minimum absolute atomic E-state index is 0.309. The van der Waals surface area contributed by atoms with Crippen LogP contribution in [0.5, 0.6) is 0 Å². The van der Waals surface area contributed by atoms with Gasteiger partial charge in [0.25, 0.3) is 5.91 Å². The van der Waals surface area contributed by atoms with E-state index in [-0.39, 0.29) is 5.56 Å². The van der Waals surface area contributed by atoms with E-state index in [0.29, 0.717) is 12.7 Å². The topological polar surface area (TPSA) is 46.2 Å². The molecule has 0 aliphatic carbocycles. The predicted octanol–water partition coefficient (Wildman–Crippen LogP) is 3.07. The third-order valence-electron chi connectivity index (χ3n) is 2.47. The third-order valence-corrected chi connectivity index (χ3v) is 2.88. The van der Waals surface area contributed by atoms with Crippen molar-refractivity contribution in [2.75, 3.05) is 0 Å². The first-order valence-electron chi connectivity index (χ1n) is 5.43. The van der Waals surface area contributed by atoms with Gasteiger partial charge in [0.15, 0.2) is 0 Å². The normalized spacial score (nSPS) is 12.9. The van der Waals surface area contributed by atoms with Gasteiger partial charge in [-0.15, -0.1) is 0 Å². The smallest absolute Gasteiger partial charge is 0.342 e. The molecule has 0 aliphatic rings. The van der Waals surface area contributed by atoms with Crippen LogP contribution >= 0.6 is 11.6 Å². The van der Waals surface area contributed by atoms with E-state index in [4.69, 9.17) is 11.6 Å². The van der Waals surface area contributed by atoms with Gasteiger partial charge in [-0.2, -0.15) is 13.2 Å². The van der Waals surface area contributed by atoms with Crippen molar-refractivity contribution in [1.29, 1.82) is 0 Å². The second-order valence-corrected chi connectivity index (χ2v) is 4.17. The molecule has 0 aliphatic heterocycles. The van der Waals surface area contributed by atoms with E-state index in [1.807, 2.05) is 0 Å². The molecule has 1 N–H and O–H groups in total. The number of benzene rings is 1. The van der Waals surface area contributed by atoms with Crippen molar-refractivity contribution in [2.45, 2.75) is 25.6 Å². The molecule has 0 unspecified atom stereocenters. The summed E-state index contributed by atoms with van der Waals surface area (Å²) in [5.41, 5.74) is -1.39. The van der Waals surface area contributed by atoms with Crippen LogP contribution in [-0.4, -0.2) is 18.2 Å². The predicted molar refractivity (Wildman–Crippen MR) is 64.1 cm³/mol. The Morgan fingerprint density at radius 1 is 1.47 bits per heavy atom. The van der Waals surface area contributed by atoms with Gasteiger partial charge in [0.05, 0.1) is 22.2 Å². The fraction of sp³-hybridized carbons (Fsp3) is 0.333. The highest BCUT2D eigenvalue weighted by molar-refractivity contribution is 6.34. The van der Waals surface area contributed by atoms with Crippen molar-refractivity contribution in [3.8, 4) is 0 Å². The highest BCUT2D eigenvalue weighted by Crippen LogP contribution is 2.36. The Bertz CT molecular complexity index is 488. The van der Waals surface area contributed by atoms with E-state index in [2.05, 4.69) is 5.32 Å². The molecule has 0 saturated carbocycles. The van der Waals surface area contributed by atoms with Crippen LogP contribution in [0, 0.1) is 0 Å². The fourth-order valence-electron chi connectivity index (χ4n) is 1.40. The second kappa shape index (κ2) is 6.06. The van der Waals surface area contributed by atoms with Crippen LogP contribution in [0.15, 0.2) is 18.2 Å². The average molecular weight is 294 g/mol. The first-order valence-corrected chi connectivity index (χ1v) is 5.81. The number of halogens is 4. The van der Waals surface area contributed by atoms with Gasteiger partial charge in [-0.05, 0) is 18.6 Å². The molecule has 0 saturated heterocycles. The van der Waals surface area contributed by atoms with E-state index in [9.17, 15) is 22.8 Å². The number of hydrogen-bond donors (Lipinski definition) is 1. The lowest BCUT2D eigenvalue weighted by Gasteiger charge is -2.14. The van der Waals surface area contributed by atoms with E-state index in [1.54, 1.807) is 6.92 Å². The molecule has 0 aromatic heterocycles. The maximum absolute atomic E-state index is 12.6. The number of carbonyl (C=O) groups excluding carboxylic acids is 2. The summed E-state index contributed by atoms with van der Waals surface area (Å²) >= 11 is 5.59. The number of alkyl halides is 3. The maximum atomic E-state index is 12.6. The van der Waals surface area contributed by atoms with Gasteiger partial charge in [-0.25, -0.2) is 0 Å². The van der Waals surface area contributed by atoms with E-state index >= 15 is 0 Å². The molecule has 3 nitrogen and oxygen atoms in total. The minimum Gasteiger partial charge on any atom is -0.342 e. The second-order valence-electron chi connectivity index (χ2n) is 3.79. The monoisotopic (exact) mass is 293 g/mol. The molecule has 1 aromatic rings. The fourth-order valence-corrected chi connectivity index (χ4v) is 1.72. The van der Waals surface area contributed by atoms with Crippen molar-refractivity contribution < 1.29 is 22.8 Å². The van der Waals surface area contributed by atoms with Crippen LogP contribution in [-0.2, 0) is 11.0 Å². The van der Waals surface area contributed by atoms with Gasteiger partial charge in [-0.3, -0.25) is 4.79 Å². The molecule has 0 radical (unpaired) electrons. The van der Waals surface area contributed by atoms with Crippen molar-refractivity contribution >= 4 is 23.8 Å². The quantitative estimate of drug-likeness (QED) is 0.867. The molecule has 104 valence electrons. The van der Waals surface area contributed by atoms with E-state index < -0.39 is 28.7 Å². The zero-order valence-corrected chi connectivity index (χ0v) is 10.7. The molecule has 0 fully saturated rings. The van der Waals surface area contributed by atoms with Crippen LogP contribution in [0.2, 0.25) is 5.02 Å². The largest absolute Gasteiger partial charge is 0.417 e. The molecule has 0 spiro atoms. The molecule has 1 aromatic carbocycles. The van der Waals surface area contributed by atoms with Crippen LogP contribution in [0.1, 0.15) is 29.3 Å². The summed E-state index contributed by atoms with van der Waals surface area (Å²) in [4.78, 5) is 22.3. The van der Waals surface area contributed by atoms with Crippen LogP contribution in [0.3, 0.4) is 0 Å². The first kappa shape index (κ1) is 15.5. The summed E-state index contributed by atoms with van der Waals surface area (Å²) < 4.78 is 37.8. The third kappa shape index (κ3) is 3.70. The highest BCUT2D eigenvalue weighted by Gasteiger charge is 2.34. The Morgan fingerprint density at radius 3 is 2.58 bits per heavy atom. The van der Waals surface area contributed by atoms with Gasteiger partial charge in [0.1, 0.15) is 6.29 Å². The SMILES string of the molecule is CC[C@@H](C=O)NC(=O)c1cccc(C(F)(F)F)c1Cl. The Labute approximate surface area is 112 Å². The van der Waals surface area contributed by atoms with Crippen molar-refractivity contribution in [3.63, 3.8) is 0 Å². The number of carbonyl (C=O) groups is 2. The minimum atomic E-state index is -4.64. The average Bonchev–Trinajstić information content (AvgIpc) is 2.34. The van der Waals surface area contributed by atoms with Crippen molar-refractivity contribution in [3.05, 3.63) is 34.3 Å². The van der Waals surface area contributed by atoms with Gasteiger partial charge in [0.2, 0.25) is 0 Å².